The van der Waals surface area contributed by atoms with Crippen molar-refractivity contribution >= 4 is 11.9 Å². The van der Waals surface area contributed by atoms with Gasteiger partial charge in [-0.1, -0.05) is 60.7 Å². The highest BCUT2D eigenvalue weighted by molar-refractivity contribution is 6.15. The molecule has 0 radical (unpaired) electrons. The number of ketones is 1. The standard InChI is InChI=1S/C28H28N2O2/c31-27-11-10-22(16-24-18-23-8-4-5-9-26(23)28(24)32)17-25(27)20-30-14-12-29(13-15-30)19-21-6-2-1-3-7-21/h1-11,16-17,31H,12-15,18-20H2/b24-16-. The van der Waals surface area contributed by atoms with E-state index in [4.69, 9.17) is 0 Å². The summed E-state index contributed by atoms with van der Waals surface area (Å²) >= 11 is 0. The molecule has 0 amide bonds. The highest BCUT2D eigenvalue weighted by Gasteiger charge is 2.24. The van der Waals surface area contributed by atoms with Crippen LogP contribution in [0.2, 0.25) is 0 Å². The first-order chi connectivity index (χ1) is 15.7. The SMILES string of the molecule is O=C1/C(=C\c2ccc(O)c(CN3CCN(Cc4ccccc4)CC3)c2)Cc2ccccc21. The van der Waals surface area contributed by atoms with Gasteiger partial charge in [-0.3, -0.25) is 14.6 Å². The van der Waals surface area contributed by atoms with Crippen molar-refractivity contribution in [3.63, 3.8) is 0 Å². The molecule has 0 unspecified atom stereocenters. The summed E-state index contributed by atoms with van der Waals surface area (Å²) in [7, 11) is 0. The van der Waals surface area contributed by atoms with E-state index in [1.807, 2.05) is 42.5 Å². The van der Waals surface area contributed by atoms with Crippen LogP contribution < -0.4 is 0 Å². The van der Waals surface area contributed by atoms with Gasteiger partial charge in [0.05, 0.1) is 0 Å². The molecule has 1 aliphatic carbocycles. The van der Waals surface area contributed by atoms with Crippen molar-refractivity contribution in [1.29, 1.82) is 0 Å². The van der Waals surface area contributed by atoms with Crippen LogP contribution in [0.4, 0.5) is 0 Å². The van der Waals surface area contributed by atoms with Crippen molar-refractivity contribution in [2.24, 2.45) is 0 Å². The Kier molecular flexibility index (Phi) is 5.89. The lowest BCUT2D eigenvalue weighted by Gasteiger charge is -2.34. The third-order valence-electron chi connectivity index (χ3n) is 6.49. The van der Waals surface area contributed by atoms with Gasteiger partial charge in [-0.15, -0.1) is 0 Å². The Balaban J connectivity index is 1.23. The Morgan fingerprint density at radius 1 is 0.812 bits per heavy atom. The summed E-state index contributed by atoms with van der Waals surface area (Å²) < 4.78 is 0. The molecule has 4 nitrogen and oxygen atoms in total. The Labute approximate surface area is 189 Å². The molecule has 1 fully saturated rings. The number of hydrogen-bond donors (Lipinski definition) is 1. The maximum atomic E-state index is 12.7. The minimum absolute atomic E-state index is 0.116. The summed E-state index contributed by atoms with van der Waals surface area (Å²) in [5.41, 5.74) is 5.96. The fraction of sp³-hybridized carbons (Fsp3) is 0.250. The lowest BCUT2D eigenvalue weighted by Crippen LogP contribution is -2.45. The number of phenols is 1. The summed E-state index contributed by atoms with van der Waals surface area (Å²) in [6.45, 7) is 5.70. The predicted molar refractivity (Wildman–Crippen MR) is 128 cm³/mol. The number of carbonyl (C=O) groups excluding carboxylic acids is 1. The molecule has 162 valence electrons. The summed E-state index contributed by atoms with van der Waals surface area (Å²) in [5.74, 6) is 0.435. The van der Waals surface area contributed by atoms with Crippen molar-refractivity contribution in [3.05, 3.63) is 106 Å². The zero-order valence-corrected chi connectivity index (χ0v) is 18.2. The number of hydrogen-bond acceptors (Lipinski definition) is 4. The smallest absolute Gasteiger partial charge is 0.189 e. The molecule has 0 bridgehead atoms. The number of aromatic hydroxyl groups is 1. The number of benzene rings is 3. The molecule has 0 atom stereocenters. The zero-order valence-electron chi connectivity index (χ0n) is 18.2. The number of piperazine rings is 1. The Morgan fingerprint density at radius 3 is 2.25 bits per heavy atom. The monoisotopic (exact) mass is 424 g/mol. The molecule has 32 heavy (non-hydrogen) atoms. The third-order valence-corrected chi connectivity index (χ3v) is 6.49. The lowest BCUT2D eigenvalue weighted by molar-refractivity contribution is 0.104. The molecule has 1 aliphatic heterocycles. The van der Waals surface area contributed by atoms with Crippen LogP contribution in [-0.2, 0) is 19.5 Å². The zero-order chi connectivity index (χ0) is 21.9. The Bertz CT molecular complexity index is 1150. The number of rotatable bonds is 5. The first-order valence-corrected chi connectivity index (χ1v) is 11.3. The van der Waals surface area contributed by atoms with Crippen LogP contribution >= 0.6 is 0 Å². The van der Waals surface area contributed by atoms with Crippen molar-refractivity contribution in [3.8, 4) is 5.75 Å². The van der Waals surface area contributed by atoms with Gasteiger partial charge < -0.3 is 5.11 Å². The van der Waals surface area contributed by atoms with Crippen LogP contribution in [0.3, 0.4) is 0 Å². The summed E-state index contributed by atoms with van der Waals surface area (Å²) in [5, 5.41) is 10.4. The van der Waals surface area contributed by atoms with E-state index < -0.39 is 0 Å². The number of nitrogens with zero attached hydrogens (tertiary/aromatic N) is 2. The second-order valence-corrected chi connectivity index (χ2v) is 8.76. The topological polar surface area (TPSA) is 43.8 Å². The molecule has 1 heterocycles. The highest BCUT2D eigenvalue weighted by atomic mass is 16.3. The number of Topliss-reactive ketones (excluding diaryl/α,β-unsaturated/α-hetero) is 1. The van der Waals surface area contributed by atoms with Gasteiger partial charge >= 0.3 is 0 Å². The van der Waals surface area contributed by atoms with E-state index in [9.17, 15) is 9.90 Å². The van der Waals surface area contributed by atoms with Crippen molar-refractivity contribution in [2.45, 2.75) is 19.5 Å². The molecule has 3 aromatic rings. The van der Waals surface area contributed by atoms with E-state index >= 15 is 0 Å². The highest BCUT2D eigenvalue weighted by Crippen LogP contribution is 2.29. The summed E-state index contributed by atoms with van der Waals surface area (Å²) in [6, 6.07) is 24.1. The van der Waals surface area contributed by atoms with Gasteiger partial charge in [0.2, 0.25) is 0 Å². The Hall–Kier alpha value is -3.21. The predicted octanol–water partition coefficient (Wildman–Crippen LogP) is 4.53. The minimum atomic E-state index is 0.116. The van der Waals surface area contributed by atoms with Gasteiger partial charge in [0.1, 0.15) is 5.75 Å². The summed E-state index contributed by atoms with van der Waals surface area (Å²) in [4.78, 5) is 17.6. The van der Waals surface area contributed by atoms with E-state index in [2.05, 4.69) is 40.1 Å². The van der Waals surface area contributed by atoms with E-state index in [0.29, 0.717) is 12.2 Å². The van der Waals surface area contributed by atoms with Crippen molar-refractivity contribution in [2.75, 3.05) is 26.2 Å². The molecule has 0 saturated carbocycles. The van der Waals surface area contributed by atoms with Crippen molar-refractivity contribution < 1.29 is 9.90 Å². The first kappa shape index (κ1) is 20.7. The largest absolute Gasteiger partial charge is 0.508 e. The summed E-state index contributed by atoms with van der Waals surface area (Å²) in [6.07, 6.45) is 2.65. The van der Waals surface area contributed by atoms with Gasteiger partial charge in [0.25, 0.3) is 0 Å². The maximum Gasteiger partial charge on any atom is 0.189 e. The molecule has 2 aliphatic rings. The van der Waals surface area contributed by atoms with Crippen LogP contribution in [0, 0.1) is 0 Å². The number of fused-ring (bicyclic) bond motifs is 1. The van der Waals surface area contributed by atoms with E-state index in [1.165, 1.54) is 5.56 Å². The molecular weight excluding hydrogens is 396 g/mol. The minimum Gasteiger partial charge on any atom is -0.508 e. The fourth-order valence-corrected chi connectivity index (χ4v) is 4.68. The van der Waals surface area contributed by atoms with Gasteiger partial charge in [0.15, 0.2) is 5.78 Å². The van der Waals surface area contributed by atoms with Crippen molar-refractivity contribution in [1.82, 2.24) is 9.80 Å². The third kappa shape index (κ3) is 4.52. The molecule has 0 aromatic heterocycles. The normalized spacial score (nSPS) is 18.2. The van der Waals surface area contributed by atoms with Crippen LogP contribution in [0.25, 0.3) is 6.08 Å². The van der Waals surface area contributed by atoms with Crippen LogP contribution in [0.5, 0.6) is 5.75 Å². The second-order valence-electron chi connectivity index (χ2n) is 8.76. The molecule has 4 heteroatoms. The lowest BCUT2D eigenvalue weighted by atomic mass is 10.0. The van der Waals surface area contributed by atoms with Crippen LogP contribution in [-0.4, -0.2) is 46.9 Å². The average molecular weight is 425 g/mol. The molecule has 0 spiro atoms. The van der Waals surface area contributed by atoms with Gasteiger partial charge in [-0.05, 0) is 34.9 Å². The second kappa shape index (κ2) is 9.11. The first-order valence-electron chi connectivity index (χ1n) is 11.3. The van der Waals surface area contributed by atoms with Crippen LogP contribution in [0.1, 0.15) is 32.6 Å². The molecule has 1 N–H and O–H groups in total. The number of phenolic OH excluding ortho intramolecular Hbond substituents is 1. The molecule has 5 rings (SSSR count). The number of allylic oxidation sites excluding steroid dienone is 1. The molecule has 3 aromatic carbocycles. The van der Waals surface area contributed by atoms with Crippen LogP contribution in [0.15, 0.2) is 78.4 Å². The van der Waals surface area contributed by atoms with Gasteiger partial charge in [-0.2, -0.15) is 0 Å². The van der Waals surface area contributed by atoms with Gasteiger partial charge in [-0.25, -0.2) is 0 Å². The Morgan fingerprint density at radius 2 is 1.50 bits per heavy atom. The maximum absolute atomic E-state index is 12.7. The molecule has 1 saturated heterocycles. The van der Waals surface area contributed by atoms with Gasteiger partial charge in [0, 0.05) is 62.4 Å². The van der Waals surface area contributed by atoms with E-state index in [0.717, 1.165) is 67.1 Å². The fourth-order valence-electron chi connectivity index (χ4n) is 4.68. The molecular formula is C28H28N2O2. The number of carbonyl (C=O) groups is 1. The van der Waals surface area contributed by atoms with E-state index in [-0.39, 0.29) is 5.78 Å². The quantitative estimate of drug-likeness (QED) is 0.611. The average Bonchev–Trinajstić information content (AvgIpc) is 3.13. The van der Waals surface area contributed by atoms with E-state index in [1.54, 1.807) is 6.07 Å².